The molecule has 1 amide bonds. The summed E-state index contributed by atoms with van der Waals surface area (Å²) in [5.41, 5.74) is 1.86. The Hall–Kier alpha value is -1.26. The second kappa shape index (κ2) is 8.02. The predicted molar refractivity (Wildman–Crippen MR) is 80.9 cm³/mol. The Morgan fingerprint density at radius 1 is 1.37 bits per heavy atom. The maximum Gasteiger partial charge on any atom is 0.239 e. The zero-order valence-electron chi connectivity index (χ0n) is 11.8. The van der Waals surface area contributed by atoms with E-state index in [4.69, 9.17) is 11.6 Å². The number of hydrogen-bond acceptors (Lipinski definition) is 3. The molecule has 0 saturated carbocycles. The van der Waals surface area contributed by atoms with Gasteiger partial charge < -0.3 is 15.5 Å². The molecule has 0 aliphatic carbocycles. The van der Waals surface area contributed by atoms with Crippen LogP contribution in [0.15, 0.2) is 18.2 Å². The van der Waals surface area contributed by atoms with Gasteiger partial charge in [-0.25, -0.2) is 0 Å². The SMILES string of the molecule is Cc1c(Cl)cccc1NCC(=O)NCCCN(C)C. The van der Waals surface area contributed by atoms with Crippen LogP contribution in [0, 0.1) is 6.92 Å². The molecule has 0 saturated heterocycles. The van der Waals surface area contributed by atoms with Crippen molar-refractivity contribution in [3.8, 4) is 0 Å². The van der Waals surface area contributed by atoms with E-state index in [9.17, 15) is 4.79 Å². The molecule has 0 aliphatic heterocycles. The normalized spacial score (nSPS) is 10.6. The number of halogens is 1. The third kappa shape index (κ3) is 5.94. The van der Waals surface area contributed by atoms with Crippen LogP contribution in [0.4, 0.5) is 5.69 Å². The number of nitrogens with one attached hydrogen (secondary N) is 2. The van der Waals surface area contributed by atoms with E-state index in [1.54, 1.807) is 0 Å². The largest absolute Gasteiger partial charge is 0.376 e. The van der Waals surface area contributed by atoms with Crippen LogP contribution in [0.3, 0.4) is 0 Å². The van der Waals surface area contributed by atoms with E-state index >= 15 is 0 Å². The van der Waals surface area contributed by atoms with Crippen LogP contribution in [-0.2, 0) is 4.79 Å². The molecule has 0 aromatic heterocycles. The average Bonchev–Trinajstić information content (AvgIpc) is 2.36. The van der Waals surface area contributed by atoms with Crippen LogP contribution >= 0.6 is 11.6 Å². The lowest BCUT2D eigenvalue weighted by molar-refractivity contribution is -0.119. The van der Waals surface area contributed by atoms with Crippen molar-refractivity contribution < 1.29 is 4.79 Å². The lowest BCUT2D eigenvalue weighted by Gasteiger charge is -2.12. The fraction of sp³-hybridized carbons (Fsp3) is 0.500. The zero-order valence-corrected chi connectivity index (χ0v) is 12.5. The number of hydrogen-bond donors (Lipinski definition) is 2. The molecule has 5 heteroatoms. The van der Waals surface area contributed by atoms with Gasteiger partial charge in [0.25, 0.3) is 0 Å². The maximum atomic E-state index is 11.6. The van der Waals surface area contributed by atoms with Gasteiger partial charge in [0.1, 0.15) is 0 Å². The number of nitrogens with zero attached hydrogens (tertiary/aromatic N) is 1. The maximum absolute atomic E-state index is 11.6. The molecule has 0 atom stereocenters. The van der Waals surface area contributed by atoms with Gasteiger partial charge in [-0.05, 0) is 51.7 Å². The van der Waals surface area contributed by atoms with Gasteiger partial charge in [0, 0.05) is 17.3 Å². The van der Waals surface area contributed by atoms with Crippen LogP contribution < -0.4 is 10.6 Å². The first-order valence-corrected chi connectivity index (χ1v) is 6.79. The Balaban J connectivity index is 2.28. The summed E-state index contributed by atoms with van der Waals surface area (Å²) in [6.45, 7) is 3.87. The molecular weight excluding hydrogens is 262 g/mol. The van der Waals surface area contributed by atoms with Crippen molar-refractivity contribution in [1.82, 2.24) is 10.2 Å². The first-order valence-electron chi connectivity index (χ1n) is 6.41. The zero-order chi connectivity index (χ0) is 14.3. The van der Waals surface area contributed by atoms with Crippen molar-refractivity contribution in [2.45, 2.75) is 13.3 Å². The number of anilines is 1. The molecule has 1 aromatic rings. The molecule has 0 spiro atoms. The molecule has 0 heterocycles. The fourth-order valence-corrected chi connectivity index (χ4v) is 1.83. The Labute approximate surface area is 120 Å². The summed E-state index contributed by atoms with van der Waals surface area (Å²) in [4.78, 5) is 13.7. The van der Waals surface area contributed by atoms with Gasteiger partial charge in [-0.15, -0.1) is 0 Å². The molecule has 0 aliphatic rings. The van der Waals surface area contributed by atoms with Gasteiger partial charge >= 0.3 is 0 Å². The minimum atomic E-state index is -0.00173. The van der Waals surface area contributed by atoms with Crippen molar-refractivity contribution in [3.63, 3.8) is 0 Å². The summed E-state index contributed by atoms with van der Waals surface area (Å²) in [5, 5.41) is 6.68. The average molecular weight is 284 g/mol. The van der Waals surface area contributed by atoms with E-state index < -0.39 is 0 Å². The minimum absolute atomic E-state index is 0.00173. The first kappa shape index (κ1) is 15.8. The Kier molecular flexibility index (Phi) is 6.67. The van der Waals surface area contributed by atoms with Crippen molar-refractivity contribution in [2.75, 3.05) is 39.0 Å². The molecule has 2 N–H and O–H groups in total. The molecule has 0 bridgehead atoms. The number of carbonyl (C=O) groups is 1. The predicted octanol–water partition coefficient (Wildman–Crippen LogP) is 2.13. The van der Waals surface area contributed by atoms with Crippen LogP contribution in [0.2, 0.25) is 5.02 Å². The van der Waals surface area contributed by atoms with E-state index in [1.807, 2.05) is 39.2 Å². The highest BCUT2D eigenvalue weighted by Crippen LogP contribution is 2.22. The van der Waals surface area contributed by atoms with Crippen LogP contribution in [0.5, 0.6) is 0 Å². The standard InChI is InChI=1S/C14H22ClN3O/c1-11-12(15)6-4-7-13(11)17-10-14(19)16-8-5-9-18(2)3/h4,6-7,17H,5,8-10H2,1-3H3,(H,16,19). The molecule has 0 fully saturated rings. The summed E-state index contributed by atoms with van der Waals surface area (Å²) >= 11 is 6.02. The number of benzene rings is 1. The number of amides is 1. The second-order valence-electron chi connectivity index (χ2n) is 4.77. The van der Waals surface area contributed by atoms with Crippen molar-refractivity contribution in [2.24, 2.45) is 0 Å². The van der Waals surface area contributed by atoms with Gasteiger partial charge in [-0.3, -0.25) is 4.79 Å². The minimum Gasteiger partial charge on any atom is -0.376 e. The lowest BCUT2D eigenvalue weighted by Crippen LogP contribution is -2.32. The molecule has 0 radical (unpaired) electrons. The van der Waals surface area contributed by atoms with E-state index in [0.717, 1.165) is 24.2 Å². The Bertz CT molecular complexity index is 421. The molecule has 1 aromatic carbocycles. The molecule has 0 unspecified atom stereocenters. The summed E-state index contributed by atoms with van der Waals surface area (Å²) < 4.78 is 0. The highest BCUT2D eigenvalue weighted by atomic mass is 35.5. The Morgan fingerprint density at radius 3 is 2.79 bits per heavy atom. The molecule has 1 rings (SSSR count). The van der Waals surface area contributed by atoms with Crippen molar-refractivity contribution >= 4 is 23.2 Å². The van der Waals surface area contributed by atoms with Crippen LogP contribution in [0.1, 0.15) is 12.0 Å². The van der Waals surface area contributed by atoms with Gasteiger partial charge in [0.15, 0.2) is 0 Å². The highest BCUT2D eigenvalue weighted by molar-refractivity contribution is 6.31. The monoisotopic (exact) mass is 283 g/mol. The first-order chi connectivity index (χ1) is 9.00. The van der Waals surface area contributed by atoms with E-state index in [-0.39, 0.29) is 12.5 Å². The van der Waals surface area contributed by atoms with Crippen LogP contribution in [0.25, 0.3) is 0 Å². The van der Waals surface area contributed by atoms with Gasteiger partial charge in [0.2, 0.25) is 5.91 Å². The van der Waals surface area contributed by atoms with Gasteiger partial charge in [-0.1, -0.05) is 17.7 Å². The van der Waals surface area contributed by atoms with Crippen molar-refractivity contribution in [3.05, 3.63) is 28.8 Å². The summed E-state index contributed by atoms with van der Waals surface area (Å²) in [5.74, 6) is -0.00173. The van der Waals surface area contributed by atoms with Crippen LogP contribution in [-0.4, -0.2) is 44.5 Å². The van der Waals surface area contributed by atoms with Crippen molar-refractivity contribution in [1.29, 1.82) is 0 Å². The molecule has 19 heavy (non-hydrogen) atoms. The topological polar surface area (TPSA) is 44.4 Å². The quantitative estimate of drug-likeness (QED) is 0.754. The Morgan fingerprint density at radius 2 is 2.11 bits per heavy atom. The van der Waals surface area contributed by atoms with E-state index in [0.29, 0.717) is 11.6 Å². The molecule has 4 nitrogen and oxygen atoms in total. The number of rotatable bonds is 7. The van der Waals surface area contributed by atoms with Gasteiger partial charge in [-0.2, -0.15) is 0 Å². The van der Waals surface area contributed by atoms with E-state index in [2.05, 4.69) is 15.5 Å². The van der Waals surface area contributed by atoms with E-state index in [1.165, 1.54) is 0 Å². The number of carbonyl (C=O) groups excluding carboxylic acids is 1. The third-order valence-corrected chi connectivity index (χ3v) is 3.22. The fourth-order valence-electron chi connectivity index (χ4n) is 1.66. The second-order valence-corrected chi connectivity index (χ2v) is 5.18. The summed E-state index contributed by atoms with van der Waals surface area (Å²) in [6, 6.07) is 5.62. The highest BCUT2D eigenvalue weighted by Gasteiger charge is 2.04. The smallest absolute Gasteiger partial charge is 0.239 e. The summed E-state index contributed by atoms with van der Waals surface area (Å²) in [7, 11) is 4.04. The summed E-state index contributed by atoms with van der Waals surface area (Å²) in [6.07, 6.45) is 0.953. The third-order valence-electron chi connectivity index (χ3n) is 2.81. The molecule has 106 valence electrons. The molecular formula is C14H22ClN3O. The lowest BCUT2D eigenvalue weighted by atomic mass is 10.2. The van der Waals surface area contributed by atoms with Gasteiger partial charge in [0.05, 0.1) is 6.54 Å².